The molecule has 0 aromatic heterocycles. The van der Waals surface area contributed by atoms with Crippen molar-refractivity contribution in [1.29, 1.82) is 0 Å². The fourth-order valence-corrected chi connectivity index (χ4v) is 3.22. The zero-order chi connectivity index (χ0) is 15.0. The molecule has 1 fully saturated rings. The van der Waals surface area contributed by atoms with Crippen LogP contribution in [-0.4, -0.2) is 42.6 Å². The summed E-state index contributed by atoms with van der Waals surface area (Å²) in [4.78, 5) is 37.8. The molecule has 2 amide bonds. The van der Waals surface area contributed by atoms with Gasteiger partial charge >= 0.3 is 0 Å². The van der Waals surface area contributed by atoms with Gasteiger partial charge in [0.15, 0.2) is 5.78 Å². The quantitative estimate of drug-likeness (QED) is 0.883. The van der Waals surface area contributed by atoms with E-state index in [1.165, 1.54) is 0 Å². The maximum atomic E-state index is 12.7. The summed E-state index contributed by atoms with van der Waals surface area (Å²) in [6.45, 7) is 1.05. The Morgan fingerprint density at radius 2 is 2.10 bits per heavy atom. The third kappa shape index (κ3) is 2.33. The van der Waals surface area contributed by atoms with Gasteiger partial charge in [-0.3, -0.25) is 14.4 Å². The highest BCUT2D eigenvalue weighted by Gasteiger charge is 2.33. The van der Waals surface area contributed by atoms with Crippen LogP contribution in [0.3, 0.4) is 0 Å². The summed E-state index contributed by atoms with van der Waals surface area (Å²) >= 11 is 0. The molecule has 0 unspecified atom stereocenters. The summed E-state index contributed by atoms with van der Waals surface area (Å²) in [6, 6.07) is 5.34. The maximum absolute atomic E-state index is 12.7. The molecule has 1 atom stereocenters. The number of rotatable bonds is 2. The molecule has 1 N–H and O–H groups in total. The van der Waals surface area contributed by atoms with Crippen LogP contribution < -0.4 is 5.32 Å². The standard InChI is InChI=1S/C16H18N2O3/c1-17-15(20)10-7-8-18(9-10)16(21)13-4-2-3-12-11(13)5-6-14(12)19/h2-4,10H,5-9H2,1H3,(H,17,20)/t10-/m1/s1. The van der Waals surface area contributed by atoms with E-state index in [0.29, 0.717) is 43.5 Å². The van der Waals surface area contributed by atoms with Gasteiger partial charge in [0.25, 0.3) is 5.91 Å². The van der Waals surface area contributed by atoms with Crippen molar-refractivity contribution in [3.63, 3.8) is 0 Å². The van der Waals surface area contributed by atoms with Crippen molar-refractivity contribution >= 4 is 17.6 Å². The van der Waals surface area contributed by atoms with Gasteiger partial charge in [-0.15, -0.1) is 0 Å². The van der Waals surface area contributed by atoms with E-state index in [1.54, 1.807) is 30.1 Å². The van der Waals surface area contributed by atoms with E-state index in [0.717, 1.165) is 5.56 Å². The maximum Gasteiger partial charge on any atom is 0.254 e. The minimum atomic E-state index is -0.127. The van der Waals surface area contributed by atoms with E-state index in [1.807, 2.05) is 0 Å². The zero-order valence-corrected chi connectivity index (χ0v) is 12.0. The molecular weight excluding hydrogens is 268 g/mol. The molecule has 1 heterocycles. The Balaban J connectivity index is 1.82. The third-order valence-corrected chi connectivity index (χ3v) is 4.40. The number of ketones is 1. The van der Waals surface area contributed by atoms with Gasteiger partial charge < -0.3 is 10.2 Å². The van der Waals surface area contributed by atoms with Crippen molar-refractivity contribution in [2.45, 2.75) is 19.3 Å². The monoisotopic (exact) mass is 286 g/mol. The Kier molecular flexibility index (Phi) is 3.49. The molecule has 0 bridgehead atoms. The van der Waals surface area contributed by atoms with Crippen molar-refractivity contribution in [3.05, 3.63) is 34.9 Å². The number of fused-ring (bicyclic) bond motifs is 1. The smallest absolute Gasteiger partial charge is 0.254 e. The molecule has 21 heavy (non-hydrogen) atoms. The number of hydrogen-bond acceptors (Lipinski definition) is 3. The molecule has 5 heteroatoms. The summed E-state index contributed by atoms with van der Waals surface area (Å²) in [5.74, 6) is -0.0895. The summed E-state index contributed by atoms with van der Waals surface area (Å²) in [6.07, 6.45) is 1.82. The molecule has 2 aliphatic rings. The van der Waals surface area contributed by atoms with Crippen LogP contribution in [0.2, 0.25) is 0 Å². The number of hydrogen-bond donors (Lipinski definition) is 1. The molecule has 0 spiro atoms. The molecule has 1 aromatic rings. The van der Waals surface area contributed by atoms with Crippen molar-refractivity contribution in [2.75, 3.05) is 20.1 Å². The van der Waals surface area contributed by atoms with Gasteiger partial charge in [0.05, 0.1) is 5.92 Å². The van der Waals surface area contributed by atoms with E-state index in [-0.39, 0.29) is 23.5 Å². The summed E-state index contributed by atoms with van der Waals surface area (Å²) in [5, 5.41) is 2.63. The first-order chi connectivity index (χ1) is 10.1. The summed E-state index contributed by atoms with van der Waals surface area (Å²) in [7, 11) is 1.61. The van der Waals surface area contributed by atoms with Crippen LogP contribution in [0.4, 0.5) is 0 Å². The lowest BCUT2D eigenvalue weighted by atomic mass is 10.0. The van der Waals surface area contributed by atoms with Gasteiger partial charge in [0.1, 0.15) is 0 Å². The lowest BCUT2D eigenvalue weighted by Crippen LogP contribution is -2.33. The van der Waals surface area contributed by atoms with E-state index in [2.05, 4.69) is 5.32 Å². The first kappa shape index (κ1) is 13.8. The fraction of sp³-hybridized carbons (Fsp3) is 0.438. The number of amides is 2. The number of benzene rings is 1. The Morgan fingerprint density at radius 1 is 1.29 bits per heavy atom. The predicted octanol–water partition coefficient (Wildman–Crippen LogP) is 1.02. The Bertz CT molecular complexity index is 624. The van der Waals surface area contributed by atoms with Crippen LogP contribution in [0.25, 0.3) is 0 Å². The lowest BCUT2D eigenvalue weighted by Gasteiger charge is -2.18. The fourth-order valence-electron chi connectivity index (χ4n) is 3.22. The SMILES string of the molecule is CNC(=O)[C@@H]1CCN(C(=O)c2cccc3c2CCC3=O)C1. The second kappa shape index (κ2) is 5.31. The number of carbonyl (C=O) groups is 3. The lowest BCUT2D eigenvalue weighted by molar-refractivity contribution is -0.124. The molecule has 3 rings (SSSR count). The van der Waals surface area contributed by atoms with Crippen molar-refractivity contribution in [1.82, 2.24) is 10.2 Å². The van der Waals surface area contributed by atoms with Crippen molar-refractivity contribution in [2.24, 2.45) is 5.92 Å². The van der Waals surface area contributed by atoms with Gasteiger partial charge in [0.2, 0.25) is 5.91 Å². The number of Topliss-reactive ketones (excluding diaryl/α,β-unsaturated/α-hetero) is 1. The molecule has 5 nitrogen and oxygen atoms in total. The second-order valence-corrected chi connectivity index (χ2v) is 5.61. The van der Waals surface area contributed by atoms with Crippen LogP contribution in [0.15, 0.2) is 18.2 Å². The van der Waals surface area contributed by atoms with Crippen LogP contribution in [-0.2, 0) is 11.2 Å². The Morgan fingerprint density at radius 3 is 2.86 bits per heavy atom. The van der Waals surface area contributed by atoms with Gasteiger partial charge in [-0.05, 0) is 24.5 Å². The highest BCUT2D eigenvalue weighted by Crippen LogP contribution is 2.27. The first-order valence-electron chi connectivity index (χ1n) is 7.27. The van der Waals surface area contributed by atoms with Gasteiger partial charge in [0, 0.05) is 37.7 Å². The predicted molar refractivity (Wildman–Crippen MR) is 77.2 cm³/mol. The molecule has 1 aromatic carbocycles. The minimum Gasteiger partial charge on any atom is -0.359 e. The largest absolute Gasteiger partial charge is 0.359 e. The highest BCUT2D eigenvalue weighted by molar-refractivity contribution is 6.05. The van der Waals surface area contributed by atoms with E-state index >= 15 is 0 Å². The van der Waals surface area contributed by atoms with Crippen molar-refractivity contribution < 1.29 is 14.4 Å². The number of carbonyl (C=O) groups excluding carboxylic acids is 3. The van der Waals surface area contributed by atoms with Gasteiger partial charge in [-0.1, -0.05) is 12.1 Å². The van der Waals surface area contributed by atoms with E-state index in [9.17, 15) is 14.4 Å². The highest BCUT2D eigenvalue weighted by atomic mass is 16.2. The first-order valence-corrected chi connectivity index (χ1v) is 7.27. The van der Waals surface area contributed by atoms with Gasteiger partial charge in [-0.25, -0.2) is 0 Å². The number of likely N-dealkylation sites (tertiary alicyclic amines) is 1. The molecule has 1 saturated heterocycles. The van der Waals surface area contributed by atoms with Crippen LogP contribution >= 0.6 is 0 Å². The van der Waals surface area contributed by atoms with Gasteiger partial charge in [-0.2, -0.15) is 0 Å². The minimum absolute atomic E-state index is 0.0150. The molecule has 0 radical (unpaired) electrons. The van der Waals surface area contributed by atoms with Crippen LogP contribution in [0.1, 0.15) is 39.1 Å². The van der Waals surface area contributed by atoms with Crippen LogP contribution in [0.5, 0.6) is 0 Å². The van der Waals surface area contributed by atoms with E-state index < -0.39 is 0 Å². The van der Waals surface area contributed by atoms with Crippen molar-refractivity contribution in [3.8, 4) is 0 Å². The average molecular weight is 286 g/mol. The number of nitrogens with zero attached hydrogens (tertiary/aromatic N) is 1. The summed E-state index contributed by atoms with van der Waals surface area (Å²) < 4.78 is 0. The van der Waals surface area contributed by atoms with Crippen LogP contribution in [0, 0.1) is 5.92 Å². The molecular formula is C16H18N2O3. The second-order valence-electron chi connectivity index (χ2n) is 5.61. The third-order valence-electron chi connectivity index (χ3n) is 4.40. The summed E-state index contributed by atoms with van der Waals surface area (Å²) in [5.41, 5.74) is 2.18. The molecule has 110 valence electrons. The average Bonchev–Trinajstić information content (AvgIpc) is 3.13. The molecule has 0 saturated carbocycles. The zero-order valence-electron chi connectivity index (χ0n) is 12.0. The normalized spacial score (nSPS) is 20.5. The molecule has 1 aliphatic carbocycles. The van der Waals surface area contributed by atoms with E-state index in [4.69, 9.17) is 0 Å². The topological polar surface area (TPSA) is 66.5 Å². The Hall–Kier alpha value is -2.17. The number of nitrogens with one attached hydrogen (secondary N) is 1. The Labute approximate surface area is 123 Å². The molecule has 1 aliphatic heterocycles.